The Morgan fingerprint density at radius 1 is 1.30 bits per heavy atom. The number of nitrogens with zero attached hydrogens (tertiary/aromatic N) is 1. The third-order valence-corrected chi connectivity index (χ3v) is 3.78. The summed E-state index contributed by atoms with van der Waals surface area (Å²) in [5.74, 6) is 1.14. The van der Waals surface area contributed by atoms with Crippen molar-refractivity contribution >= 4 is 44.3 Å². The van der Waals surface area contributed by atoms with Crippen LogP contribution in [0.25, 0.3) is 22.6 Å². The maximum atomic E-state index is 6.17. The van der Waals surface area contributed by atoms with Crippen LogP contribution in [-0.2, 0) is 0 Å². The van der Waals surface area contributed by atoms with Gasteiger partial charge in [-0.1, -0.05) is 11.6 Å². The predicted molar refractivity (Wildman–Crippen MR) is 83.1 cm³/mol. The van der Waals surface area contributed by atoms with Crippen LogP contribution in [0.3, 0.4) is 0 Å². The average molecular weight is 354 g/mol. The van der Waals surface area contributed by atoms with Gasteiger partial charge in [-0.25, -0.2) is 4.98 Å². The second-order valence-corrected chi connectivity index (χ2v) is 5.48. The summed E-state index contributed by atoms with van der Waals surface area (Å²) in [7, 11) is 1.60. The first kappa shape index (κ1) is 13.3. The first-order valence-corrected chi connectivity index (χ1v) is 6.95. The van der Waals surface area contributed by atoms with E-state index in [2.05, 4.69) is 20.9 Å². The van der Waals surface area contributed by atoms with Crippen molar-refractivity contribution in [1.82, 2.24) is 4.98 Å². The fraction of sp³-hybridized carbons (Fsp3) is 0.0714. The standard InChI is InChI=1S/C14H10BrClN2O2/c1-19-8-5-10(15)13-12(6-8)18-14(20-13)9-3-2-7(17)4-11(9)16/h2-6H,17H2,1H3. The van der Waals surface area contributed by atoms with Crippen LogP contribution >= 0.6 is 27.5 Å². The number of halogens is 2. The molecule has 0 saturated heterocycles. The zero-order valence-corrected chi connectivity index (χ0v) is 12.8. The van der Waals surface area contributed by atoms with Gasteiger partial charge in [0, 0.05) is 11.8 Å². The number of hydrogen-bond donors (Lipinski definition) is 1. The van der Waals surface area contributed by atoms with E-state index < -0.39 is 0 Å². The van der Waals surface area contributed by atoms with E-state index >= 15 is 0 Å². The molecular formula is C14H10BrClN2O2. The quantitative estimate of drug-likeness (QED) is 0.689. The summed E-state index contributed by atoms with van der Waals surface area (Å²) < 4.78 is 11.7. The van der Waals surface area contributed by atoms with Gasteiger partial charge in [0.2, 0.25) is 5.89 Å². The first-order valence-electron chi connectivity index (χ1n) is 5.78. The minimum atomic E-state index is 0.443. The lowest BCUT2D eigenvalue weighted by Crippen LogP contribution is -1.86. The molecule has 2 aromatic carbocycles. The van der Waals surface area contributed by atoms with E-state index in [4.69, 9.17) is 26.5 Å². The molecule has 0 unspecified atom stereocenters. The second kappa shape index (κ2) is 5.00. The predicted octanol–water partition coefficient (Wildman–Crippen LogP) is 4.50. The van der Waals surface area contributed by atoms with Gasteiger partial charge >= 0.3 is 0 Å². The zero-order valence-electron chi connectivity index (χ0n) is 10.5. The topological polar surface area (TPSA) is 61.3 Å². The lowest BCUT2D eigenvalue weighted by atomic mass is 10.2. The molecule has 0 bridgehead atoms. The van der Waals surface area contributed by atoms with Gasteiger partial charge < -0.3 is 14.9 Å². The van der Waals surface area contributed by atoms with E-state index in [1.807, 2.05) is 6.07 Å². The molecule has 0 fully saturated rings. The highest BCUT2D eigenvalue weighted by atomic mass is 79.9. The molecule has 0 atom stereocenters. The monoisotopic (exact) mass is 352 g/mol. The maximum Gasteiger partial charge on any atom is 0.228 e. The number of ether oxygens (including phenoxy) is 1. The van der Waals surface area contributed by atoms with E-state index in [-0.39, 0.29) is 0 Å². The molecule has 0 aliphatic heterocycles. The van der Waals surface area contributed by atoms with Gasteiger partial charge in [0.1, 0.15) is 11.3 Å². The van der Waals surface area contributed by atoms with Crippen LogP contribution in [0.15, 0.2) is 39.2 Å². The van der Waals surface area contributed by atoms with E-state index in [0.29, 0.717) is 39.0 Å². The largest absolute Gasteiger partial charge is 0.497 e. The van der Waals surface area contributed by atoms with Gasteiger partial charge in [-0.05, 0) is 40.2 Å². The van der Waals surface area contributed by atoms with Crippen molar-refractivity contribution in [1.29, 1.82) is 0 Å². The van der Waals surface area contributed by atoms with Crippen LogP contribution in [0, 0.1) is 0 Å². The first-order chi connectivity index (χ1) is 9.58. The molecule has 0 saturated carbocycles. The summed E-state index contributed by atoms with van der Waals surface area (Å²) in [5.41, 5.74) is 8.32. The molecule has 3 rings (SSSR count). The van der Waals surface area contributed by atoms with Gasteiger partial charge in [0.15, 0.2) is 5.58 Å². The lowest BCUT2D eigenvalue weighted by Gasteiger charge is -2.00. The Morgan fingerprint density at radius 3 is 2.80 bits per heavy atom. The van der Waals surface area contributed by atoms with Crippen molar-refractivity contribution in [2.45, 2.75) is 0 Å². The van der Waals surface area contributed by atoms with Gasteiger partial charge in [0.05, 0.1) is 22.2 Å². The van der Waals surface area contributed by atoms with Crippen LogP contribution in [0.1, 0.15) is 0 Å². The Labute approximate surface area is 128 Å². The number of benzene rings is 2. The van der Waals surface area contributed by atoms with Gasteiger partial charge in [-0.15, -0.1) is 0 Å². The second-order valence-electron chi connectivity index (χ2n) is 4.22. The Morgan fingerprint density at radius 2 is 2.10 bits per heavy atom. The lowest BCUT2D eigenvalue weighted by molar-refractivity contribution is 0.415. The van der Waals surface area contributed by atoms with E-state index in [9.17, 15) is 0 Å². The van der Waals surface area contributed by atoms with Crippen LogP contribution in [0.4, 0.5) is 5.69 Å². The summed E-state index contributed by atoms with van der Waals surface area (Å²) in [4.78, 5) is 4.44. The molecule has 4 nitrogen and oxygen atoms in total. The SMILES string of the molecule is COc1cc(Br)c2oc(-c3ccc(N)cc3Cl)nc2c1. The van der Waals surface area contributed by atoms with Crippen LogP contribution < -0.4 is 10.5 Å². The van der Waals surface area contributed by atoms with Crippen LogP contribution in [0.2, 0.25) is 5.02 Å². The molecule has 1 aromatic heterocycles. The molecular weight excluding hydrogens is 344 g/mol. The van der Waals surface area contributed by atoms with E-state index in [1.165, 1.54) is 0 Å². The minimum absolute atomic E-state index is 0.443. The highest BCUT2D eigenvalue weighted by molar-refractivity contribution is 9.10. The number of methoxy groups -OCH3 is 1. The van der Waals surface area contributed by atoms with Gasteiger partial charge in [-0.3, -0.25) is 0 Å². The molecule has 0 aliphatic rings. The number of anilines is 1. The maximum absolute atomic E-state index is 6.17. The molecule has 0 radical (unpaired) electrons. The Hall–Kier alpha value is -1.72. The Bertz CT molecular complexity index is 801. The summed E-state index contributed by atoms with van der Waals surface area (Å²) in [5, 5.41) is 0.500. The molecule has 3 aromatic rings. The van der Waals surface area contributed by atoms with Crippen molar-refractivity contribution in [3.05, 3.63) is 39.8 Å². The van der Waals surface area contributed by atoms with Crippen molar-refractivity contribution in [2.24, 2.45) is 0 Å². The molecule has 0 spiro atoms. The molecule has 0 aliphatic carbocycles. The summed E-state index contributed by atoms with van der Waals surface area (Å²) in [6.45, 7) is 0. The summed E-state index contributed by atoms with van der Waals surface area (Å²) >= 11 is 9.61. The average Bonchev–Trinajstić information content (AvgIpc) is 2.82. The Kier molecular flexibility index (Phi) is 3.31. The van der Waals surface area contributed by atoms with E-state index in [0.717, 1.165) is 4.47 Å². The Balaban J connectivity index is 2.20. The molecule has 102 valence electrons. The zero-order chi connectivity index (χ0) is 14.3. The molecule has 1 heterocycles. The number of fused-ring (bicyclic) bond motifs is 1. The van der Waals surface area contributed by atoms with Crippen molar-refractivity contribution in [3.63, 3.8) is 0 Å². The number of rotatable bonds is 2. The third-order valence-electron chi connectivity index (χ3n) is 2.88. The number of oxazole rings is 1. The smallest absolute Gasteiger partial charge is 0.228 e. The number of nitrogen functional groups attached to an aromatic ring is 1. The molecule has 6 heteroatoms. The van der Waals surface area contributed by atoms with Crippen molar-refractivity contribution < 1.29 is 9.15 Å². The van der Waals surface area contributed by atoms with Gasteiger partial charge in [0.25, 0.3) is 0 Å². The third kappa shape index (κ3) is 2.23. The molecule has 20 heavy (non-hydrogen) atoms. The normalized spacial score (nSPS) is 10.9. The highest BCUT2D eigenvalue weighted by Gasteiger charge is 2.14. The highest BCUT2D eigenvalue weighted by Crippen LogP contribution is 2.35. The summed E-state index contributed by atoms with van der Waals surface area (Å²) in [6, 6.07) is 8.83. The molecule has 0 amide bonds. The van der Waals surface area contributed by atoms with Crippen molar-refractivity contribution in [2.75, 3.05) is 12.8 Å². The fourth-order valence-electron chi connectivity index (χ4n) is 1.91. The van der Waals surface area contributed by atoms with Gasteiger partial charge in [-0.2, -0.15) is 0 Å². The van der Waals surface area contributed by atoms with Crippen molar-refractivity contribution in [3.8, 4) is 17.2 Å². The fourth-order valence-corrected chi connectivity index (χ4v) is 2.69. The van der Waals surface area contributed by atoms with Crippen LogP contribution in [-0.4, -0.2) is 12.1 Å². The number of hydrogen-bond acceptors (Lipinski definition) is 4. The summed E-state index contributed by atoms with van der Waals surface area (Å²) in [6.07, 6.45) is 0. The van der Waals surface area contributed by atoms with E-state index in [1.54, 1.807) is 31.4 Å². The number of aromatic nitrogens is 1. The minimum Gasteiger partial charge on any atom is -0.497 e. The number of nitrogens with two attached hydrogens (primary N) is 1. The molecule has 2 N–H and O–H groups in total. The van der Waals surface area contributed by atoms with Crippen LogP contribution in [0.5, 0.6) is 5.75 Å².